The molecule has 2 amide bonds. The molecule has 1 saturated carbocycles. The zero-order valence-corrected chi connectivity index (χ0v) is 21.4. The standard InChI is InChI=1S/C26H36N6O3/c1-7-12-27-19-10-8-9-11-20(19)29-25-28-14-18-15-32(26(33)31(4)24(18)30-25)23-16(2)21(34-5)13-22(35-6)17(23)3/h7,13-14,19-20,27H,1,8-12,15H2,2-6H3,(H,28,29,30). The molecule has 1 aliphatic carbocycles. The number of methoxy groups -OCH3 is 2. The molecule has 9 nitrogen and oxygen atoms in total. The molecule has 1 aliphatic heterocycles. The van der Waals surface area contributed by atoms with Crippen molar-refractivity contribution in [2.75, 3.05) is 42.9 Å². The number of carbonyl (C=O) groups excluding carboxylic acids is 1. The van der Waals surface area contributed by atoms with E-state index in [1.807, 2.05) is 32.2 Å². The van der Waals surface area contributed by atoms with Gasteiger partial charge in [-0.3, -0.25) is 9.80 Å². The number of carbonyl (C=O) groups is 1. The first-order valence-corrected chi connectivity index (χ1v) is 12.1. The van der Waals surface area contributed by atoms with Gasteiger partial charge in [0.25, 0.3) is 0 Å². The molecule has 1 aromatic carbocycles. The van der Waals surface area contributed by atoms with E-state index >= 15 is 0 Å². The minimum Gasteiger partial charge on any atom is -0.496 e. The summed E-state index contributed by atoms with van der Waals surface area (Å²) in [5.41, 5.74) is 3.42. The Bertz CT molecular complexity index is 1080. The number of urea groups is 1. The third kappa shape index (κ3) is 4.77. The molecular weight excluding hydrogens is 444 g/mol. The second-order valence-electron chi connectivity index (χ2n) is 9.19. The molecule has 2 aliphatic rings. The van der Waals surface area contributed by atoms with Crippen LogP contribution >= 0.6 is 0 Å². The van der Waals surface area contributed by atoms with E-state index in [1.165, 1.54) is 12.8 Å². The van der Waals surface area contributed by atoms with Crippen LogP contribution in [-0.4, -0.2) is 55.9 Å². The number of benzene rings is 1. The summed E-state index contributed by atoms with van der Waals surface area (Å²) in [6, 6.07) is 2.26. The van der Waals surface area contributed by atoms with Gasteiger partial charge >= 0.3 is 6.03 Å². The fourth-order valence-corrected chi connectivity index (χ4v) is 5.18. The van der Waals surface area contributed by atoms with Crippen LogP contribution in [0.15, 0.2) is 24.9 Å². The quantitative estimate of drug-likeness (QED) is 0.548. The molecule has 4 rings (SSSR count). The molecule has 2 N–H and O–H groups in total. The number of aromatic nitrogens is 2. The number of hydrogen-bond acceptors (Lipinski definition) is 7. The average molecular weight is 481 g/mol. The fraction of sp³-hybridized carbons (Fsp3) is 0.500. The first-order valence-electron chi connectivity index (χ1n) is 12.1. The second-order valence-corrected chi connectivity index (χ2v) is 9.19. The predicted molar refractivity (Wildman–Crippen MR) is 139 cm³/mol. The lowest BCUT2D eigenvalue weighted by atomic mass is 9.90. The van der Waals surface area contributed by atoms with Gasteiger partial charge in [-0.05, 0) is 26.7 Å². The summed E-state index contributed by atoms with van der Waals surface area (Å²) in [6.07, 6.45) is 8.23. The Hall–Kier alpha value is -3.33. The molecule has 35 heavy (non-hydrogen) atoms. The molecule has 2 unspecified atom stereocenters. The minimum atomic E-state index is -0.160. The lowest BCUT2D eigenvalue weighted by molar-refractivity contribution is 0.251. The lowest BCUT2D eigenvalue weighted by Gasteiger charge is -2.36. The van der Waals surface area contributed by atoms with Crippen LogP contribution in [-0.2, 0) is 6.54 Å². The van der Waals surface area contributed by atoms with Crippen molar-refractivity contribution >= 4 is 23.5 Å². The van der Waals surface area contributed by atoms with Crippen molar-refractivity contribution in [2.45, 2.75) is 58.2 Å². The van der Waals surface area contributed by atoms with Crippen LogP contribution < -0.4 is 29.9 Å². The van der Waals surface area contributed by atoms with Crippen molar-refractivity contribution in [2.24, 2.45) is 0 Å². The summed E-state index contributed by atoms with van der Waals surface area (Å²) >= 11 is 0. The van der Waals surface area contributed by atoms with Crippen molar-refractivity contribution in [1.29, 1.82) is 0 Å². The van der Waals surface area contributed by atoms with Crippen molar-refractivity contribution in [3.05, 3.63) is 41.6 Å². The van der Waals surface area contributed by atoms with E-state index in [0.717, 1.165) is 41.8 Å². The molecule has 0 spiro atoms. The van der Waals surface area contributed by atoms with Crippen LogP contribution in [0.3, 0.4) is 0 Å². The predicted octanol–water partition coefficient (Wildman–Crippen LogP) is 4.19. The summed E-state index contributed by atoms with van der Waals surface area (Å²) < 4.78 is 11.1. The molecule has 2 atom stereocenters. The van der Waals surface area contributed by atoms with Crippen LogP contribution in [0, 0.1) is 13.8 Å². The van der Waals surface area contributed by atoms with Crippen LogP contribution in [0.1, 0.15) is 42.4 Å². The molecule has 1 fully saturated rings. The van der Waals surface area contributed by atoms with E-state index < -0.39 is 0 Å². The summed E-state index contributed by atoms with van der Waals surface area (Å²) in [5.74, 6) is 2.52. The highest BCUT2D eigenvalue weighted by Gasteiger charge is 2.34. The molecule has 9 heteroatoms. The SMILES string of the molecule is C=CCNC1CCCCC1Nc1ncc2c(n1)N(C)C(=O)N(c1c(C)c(OC)cc(OC)c1C)C2. The van der Waals surface area contributed by atoms with Crippen LogP contribution in [0.2, 0.25) is 0 Å². The summed E-state index contributed by atoms with van der Waals surface area (Å²) in [7, 11) is 4.99. The number of anilines is 3. The number of rotatable bonds is 8. The molecule has 2 heterocycles. The largest absolute Gasteiger partial charge is 0.496 e. The summed E-state index contributed by atoms with van der Waals surface area (Å²) in [5, 5.41) is 7.06. The number of amides is 2. The van der Waals surface area contributed by atoms with Gasteiger partial charge in [-0.25, -0.2) is 9.78 Å². The van der Waals surface area contributed by atoms with E-state index in [1.54, 1.807) is 31.1 Å². The highest BCUT2D eigenvalue weighted by atomic mass is 16.5. The summed E-state index contributed by atoms with van der Waals surface area (Å²) in [4.78, 5) is 26.2. The third-order valence-electron chi connectivity index (χ3n) is 7.03. The van der Waals surface area contributed by atoms with Gasteiger partial charge in [-0.1, -0.05) is 18.9 Å². The minimum absolute atomic E-state index is 0.160. The van der Waals surface area contributed by atoms with Gasteiger partial charge in [0, 0.05) is 54.6 Å². The van der Waals surface area contributed by atoms with E-state index in [0.29, 0.717) is 35.9 Å². The molecule has 1 aromatic heterocycles. The molecule has 2 aromatic rings. The van der Waals surface area contributed by atoms with Crippen molar-refractivity contribution < 1.29 is 14.3 Å². The molecule has 0 bridgehead atoms. The topological polar surface area (TPSA) is 91.9 Å². The molecular formula is C26H36N6O3. The van der Waals surface area contributed by atoms with Gasteiger partial charge in [0.05, 0.1) is 26.5 Å². The Morgan fingerprint density at radius 1 is 1.14 bits per heavy atom. The van der Waals surface area contributed by atoms with Crippen LogP contribution in [0.4, 0.5) is 22.2 Å². The monoisotopic (exact) mass is 480 g/mol. The highest BCUT2D eigenvalue weighted by Crippen LogP contribution is 2.41. The van der Waals surface area contributed by atoms with Gasteiger partial charge in [-0.15, -0.1) is 6.58 Å². The van der Waals surface area contributed by atoms with Gasteiger partial charge in [0.15, 0.2) is 0 Å². The Balaban J connectivity index is 1.62. The Kier molecular flexibility index (Phi) is 7.45. The van der Waals surface area contributed by atoms with Crippen LogP contribution in [0.25, 0.3) is 0 Å². The number of ether oxygens (including phenoxy) is 2. The third-order valence-corrected chi connectivity index (χ3v) is 7.03. The lowest BCUT2D eigenvalue weighted by Crippen LogP contribution is -2.47. The van der Waals surface area contributed by atoms with Crippen LogP contribution in [0.5, 0.6) is 11.5 Å². The van der Waals surface area contributed by atoms with E-state index in [-0.39, 0.29) is 12.1 Å². The maximum atomic E-state index is 13.5. The van der Waals surface area contributed by atoms with Crippen molar-refractivity contribution in [1.82, 2.24) is 15.3 Å². The van der Waals surface area contributed by atoms with E-state index in [4.69, 9.17) is 14.5 Å². The maximum absolute atomic E-state index is 13.5. The van der Waals surface area contributed by atoms with Gasteiger partial charge in [-0.2, -0.15) is 4.98 Å². The average Bonchev–Trinajstić information content (AvgIpc) is 2.87. The van der Waals surface area contributed by atoms with E-state index in [9.17, 15) is 4.79 Å². The Labute approximate surface area is 207 Å². The Morgan fingerprint density at radius 3 is 2.43 bits per heavy atom. The number of hydrogen-bond donors (Lipinski definition) is 2. The zero-order chi connectivity index (χ0) is 25.1. The molecule has 0 saturated heterocycles. The normalized spacial score (nSPS) is 19.9. The molecule has 188 valence electrons. The number of fused-ring (bicyclic) bond motifs is 1. The maximum Gasteiger partial charge on any atom is 0.330 e. The van der Waals surface area contributed by atoms with Crippen molar-refractivity contribution in [3.8, 4) is 11.5 Å². The van der Waals surface area contributed by atoms with Gasteiger partial charge < -0.3 is 20.1 Å². The number of nitrogens with one attached hydrogen (secondary N) is 2. The van der Waals surface area contributed by atoms with Crippen molar-refractivity contribution in [3.63, 3.8) is 0 Å². The summed E-state index contributed by atoms with van der Waals surface area (Å²) in [6.45, 7) is 8.85. The molecule has 0 radical (unpaired) electrons. The first-order chi connectivity index (χ1) is 16.9. The smallest absolute Gasteiger partial charge is 0.330 e. The number of nitrogens with zero attached hydrogens (tertiary/aromatic N) is 4. The van der Waals surface area contributed by atoms with E-state index in [2.05, 4.69) is 22.2 Å². The van der Waals surface area contributed by atoms with Gasteiger partial charge in [0.1, 0.15) is 17.3 Å². The fourth-order valence-electron chi connectivity index (χ4n) is 5.18. The highest BCUT2D eigenvalue weighted by molar-refractivity contribution is 6.06. The first kappa shape index (κ1) is 24.8. The van der Waals surface area contributed by atoms with Gasteiger partial charge in [0.2, 0.25) is 5.95 Å². The second kappa shape index (κ2) is 10.5. The zero-order valence-electron chi connectivity index (χ0n) is 21.4. The Morgan fingerprint density at radius 2 is 1.80 bits per heavy atom.